The molecule has 0 spiro atoms. The molecular weight excluding hydrogens is 332 g/mol. The normalized spacial score (nSPS) is 13.4. The minimum atomic E-state index is -3.73. The second-order valence-electron chi connectivity index (χ2n) is 3.71. The first kappa shape index (κ1) is 16.7. The molecule has 0 aliphatic carbocycles. The van der Waals surface area contributed by atoms with Crippen molar-refractivity contribution in [3.63, 3.8) is 0 Å². The van der Waals surface area contributed by atoms with Crippen LogP contribution in [0.5, 0.6) is 0 Å². The Morgan fingerprint density at radius 2 is 2.26 bits per heavy atom. The van der Waals surface area contributed by atoms with Gasteiger partial charge in [-0.1, -0.05) is 18.5 Å². The second-order valence-corrected chi connectivity index (χ2v) is 8.64. The zero-order valence-corrected chi connectivity index (χ0v) is 13.5. The number of hydrogen-bond donors (Lipinski definition) is 1. The lowest BCUT2D eigenvalue weighted by Gasteiger charge is -2.08. The van der Waals surface area contributed by atoms with Crippen LogP contribution in [0.3, 0.4) is 0 Å². The Morgan fingerprint density at radius 3 is 2.74 bits per heavy atom. The number of sulfonamides is 1. The van der Waals surface area contributed by atoms with Crippen molar-refractivity contribution in [3.8, 4) is 0 Å². The maximum atomic E-state index is 11.9. The molecule has 0 fully saturated rings. The van der Waals surface area contributed by atoms with Gasteiger partial charge in [0.1, 0.15) is 4.21 Å². The predicted molar refractivity (Wildman–Crippen MR) is 78.8 cm³/mol. The van der Waals surface area contributed by atoms with E-state index >= 15 is 0 Å². The van der Waals surface area contributed by atoms with Crippen LogP contribution >= 0.6 is 34.7 Å². The Hall–Kier alpha value is -0.350. The van der Waals surface area contributed by atoms with Crippen LogP contribution in [-0.2, 0) is 10.0 Å². The summed E-state index contributed by atoms with van der Waals surface area (Å²) in [4.78, 5) is 9.91. The van der Waals surface area contributed by atoms with Crippen molar-refractivity contribution in [2.75, 3.05) is 12.8 Å². The summed E-state index contributed by atoms with van der Waals surface area (Å²) in [7, 11) is -3.73. The lowest BCUT2D eigenvalue weighted by molar-refractivity contribution is -0.384. The molecule has 6 nitrogen and oxygen atoms in total. The fourth-order valence-corrected chi connectivity index (χ4v) is 4.29. The van der Waals surface area contributed by atoms with Crippen LogP contribution in [-0.4, -0.2) is 31.4 Å². The predicted octanol–water partition coefficient (Wildman–Crippen LogP) is 2.73. The van der Waals surface area contributed by atoms with E-state index < -0.39 is 14.9 Å². The molecule has 0 amide bonds. The Kier molecular flexibility index (Phi) is 6.06. The van der Waals surface area contributed by atoms with Gasteiger partial charge >= 0.3 is 0 Å². The second kappa shape index (κ2) is 6.89. The van der Waals surface area contributed by atoms with E-state index in [1.807, 2.05) is 13.2 Å². The molecule has 0 aliphatic rings. The van der Waals surface area contributed by atoms with E-state index in [-0.39, 0.29) is 20.8 Å². The topological polar surface area (TPSA) is 89.3 Å². The van der Waals surface area contributed by atoms with Crippen molar-refractivity contribution >= 4 is 50.4 Å². The lowest BCUT2D eigenvalue weighted by atomic mass is 10.3. The van der Waals surface area contributed by atoms with Gasteiger partial charge in [0.05, 0.1) is 4.92 Å². The number of rotatable bonds is 7. The highest BCUT2D eigenvalue weighted by Crippen LogP contribution is 2.36. The Morgan fingerprint density at radius 1 is 1.63 bits per heavy atom. The fourth-order valence-electron chi connectivity index (χ4n) is 1.18. The molecule has 10 heteroatoms. The first-order valence-electron chi connectivity index (χ1n) is 5.24. The van der Waals surface area contributed by atoms with Crippen molar-refractivity contribution in [1.82, 2.24) is 4.72 Å². The van der Waals surface area contributed by atoms with Crippen LogP contribution < -0.4 is 4.72 Å². The molecule has 1 aromatic rings. The molecular formula is C9H13ClN2O4S3. The van der Waals surface area contributed by atoms with E-state index in [4.69, 9.17) is 11.6 Å². The summed E-state index contributed by atoms with van der Waals surface area (Å²) in [5.74, 6) is 0. The first-order chi connectivity index (χ1) is 8.77. The van der Waals surface area contributed by atoms with Gasteiger partial charge in [0.25, 0.3) is 5.69 Å². The number of thiophene rings is 1. The molecule has 1 aromatic heterocycles. The summed E-state index contributed by atoms with van der Waals surface area (Å²) in [6.07, 6.45) is 2.63. The Labute approximate surface area is 124 Å². The average Bonchev–Trinajstić information content (AvgIpc) is 2.71. The quantitative estimate of drug-likeness (QED) is 0.606. The zero-order chi connectivity index (χ0) is 14.6. The van der Waals surface area contributed by atoms with Gasteiger partial charge < -0.3 is 0 Å². The van der Waals surface area contributed by atoms with Crippen LogP contribution in [0, 0.1) is 10.1 Å². The van der Waals surface area contributed by atoms with Gasteiger partial charge in [-0.25, -0.2) is 13.1 Å². The van der Waals surface area contributed by atoms with E-state index in [9.17, 15) is 18.5 Å². The SMILES string of the molecule is CSC(C)CCNS(=O)(=O)c1cc([N+](=O)[O-])c(Cl)s1. The third kappa shape index (κ3) is 4.60. The minimum absolute atomic E-state index is 0.136. The number of nitrogens with zero attached hydrogens (tertiary/aromatic N) is 1. The van der Waals surface area contributed by atoms with Crippen LogP contribution in [0.2, 0.25) is 4.34 Å². The van der Waals surface area contributed by atoms with Crippen molar-refractivity contribution in [2.24, 2.45) is 0 Å². The Balaban J connectivity index is 2.78. The first-order valence-corrected chi connectivity index (χ1v) is 9.20. The Bertz CT molecular complexity index is 558. The summed E-state index contributed by atoms with van der Waals surface area (Å²) >= 11 is 7.96. The van der Waals surface area contributed by atoms with Crippen LogP contribution in [0.4, 0.5) is 5.69 Å². The van der Waals surface area contributed by atoms with Crippen molar-refractivity contribution in [2.45, 2.75) is 22.8 Å². The summed E-state index contributed by atoms with van der Waals surface area (Å²) in [6, 6.07) is 0.979. The van der Waals surface area contributed by atoms with Gasteiger partial charge in [0.15, 0.2) is 4.34 Å². The molecule has 108 valence electrons. The van der Waals surface area contributed by atoms with Crippen molar-refractivity contribution in [1.29, 1.82) is 0 Å². The van der Waals surface area contributed by atoms with E-state index in [2.05, 4.69) is 4.72 Å². The molecule has 1 rings (SSSR count). The van der Waals surface area contributed by atoms with E-state index in [1.165, 1.54) is 0 Å². The summed E-state index contributed by atoms with van der Waals surface area (Å²) in [6.45, 7) is 2.28. The zero-order valence-electron chi connectivity index (χ0n) is 10.3. The minimum Gasteiger partial charge on any atom is -0.258 e. The lowest BCUT2D eigenvalue weighted by Crippen LogP contribution is -2.25. The van der Waals surface area contributed by atoms with Gasteiger partial charge in [-0.3, -0.25) is 10.1 Å². The number of thioether (sulfide) groups is 1. The third-order valence-electron chi connectivity index (χ3n) is 2.35. The molecule has 1 atom stereocenters. The van der Waals surface area contributed by atoms with Gasteiger partial charge in [-0.15, -0.1) is 11.3 Å². The van der Waals surface area contributed by atoms with E-state index in [0.29, 0.717) is 23.0 Å². The maximum absolute atomic E-state index is 11.9. The van der Waals surface area contributed by atoms with E-state index in [0.717, 1.165) is 6.07 Å². The van der Waals surface area contributed by atoms with Crippen molar-refractivity contribution in [3.05, 3.63) is 20.5 Å². The molecule has 0 saturated heterocycles. The molecule has 1 heterocycles. The molecule has 1 N–H and O–H groups in total. The standard InChI is InChI=1S/C9H13ClN2O4S3/c1-6(17-2)3-4-11-19(15,16)8-5-7(12(13)14)9(10)18-8/h5-6,11H,3-4H2,1-2H3. The summed E-state index contributed by atoms with van der Waals surface area (Å²) in [5.41, 5.74) is -0.385. The highest BCUT2D eigenvalue weighted by atomic mass is 35.5. The van der Waals surface area contributed by atoms with Crippen LogP contribution in [0.1, 0.15) is 13.3 Å². The highest BCUT2D eigenvalue weighted by molar-refractivity contribution is 7.99. The van der Waals surface area contributed by atoms with Crippen LogP contribution in [0.15, 0.2) is 10.3 Å². The summed E-state index contributed by atoms with van der Waals surface area (Å²) in [5, 5.41) is 11.0. The van der Waals surface area contributed by atoms with Crippen molar-refractivity contribution < 1.29 is 13.3 Å². The molecule has 0 aliphatic heterocycles. The van der Waals surface area contributed by atoms with Gasteiger partial charge in [-0.2, -0.15) is 11.8 Å². The fraction of sp³-hybridized carbons (Fsp3) is 0.556. The largest absolute Gasteiger partial charge is 0.300 e. The maximum Gasteiger partial charge on any atom is 0.300 e. The molecule has 0 aromatic carbocycles. The van der Waals surface area contributed by atoms with Gasteiger partial charge in [0, 0.05) is 17.9 Å². The number of hydrogen-bond acceptors (Lipinski definition) is 6. The number of nitro groups is 1. The van der Waals surface area contributed by atoms with Gasteiger partial charge in [0.2, 0.25) is 10.0 Å². The van der Waals surface area contributed by atoms with Gasteiger partial charge in [-0.05, 0) is 12.7 Å². The molecule has 0 bridgehead atoms. The monoisotopic (exact) mass is 344 g/mol. The summed E-state index contributed by atoms with van der Waals surface area (Å²) < 4.78 is 25.9. The highest BCUT2D eigenvalue weighted by Gasteiger charge is 2.24. The average molecular weight is 345 g/mol. The molecule has 0 saturated carbocycles. The molecule has 0 radical (unpaired) electrons. The smallest absolute Gasteiger partial charge is 0.258 e. The van der Waals surface area contributed by atoms with Crippen LogP contribution in [0.25, 0.3) is 0 Å². The molecule has 19 heavy (non-hydrogen) atoms. The number of halogens is 1. The number of nitrogens with one attached hydrogen (secondary N) is 1. The molecule has 1 unspecified atom stereocenters. The third-order valence-corrected chi connectivity index (χ3v) is 6.67. The van der Waals surface area contributed by atoms with E-state index in [1.54, 1.807) is 11.8 Å².